The number of nitro groups is 1. The third-order valence-corrected chi connectivity index (χ3v) is 3.73. The highest BCUT2D eigenvalue weighted by atomic mass is 16.6. The Bertz CT molecular complexity index is 624. The molecule has 1 heterocycles. The zero-order valence-corrected chi connectivity index (χ0v) is 13.2. The molecular formula is C15H19N3O5. The molecule has 0 spiro atoms. The van der Waals surface area contributed by atoms with E-state index in [4.69, 9.17) is 4.74 Å². The summed E-state index contributed by atoms with van der Waals surface area (Å²) in [6.07, 6.45) is -0.367. The molecule has 124 valence electrons. The first kappa shape index (κ1) is 16.7. The standard InChI is InChI=1S/C15H19N3O5/c1-3-23-15(20)17-8-6-16(7-9-17)13-5-4-12(11(2)19)10-14(13)18(21)22/h4-5,10H,3,6-9H2,1-2H3. The molecule has 1 aromatic rings. The lowest BCUT2D eigenvalue weighted by Gasteiger charge is -2.35. The third kappa shape index (κ3) is 3.77. The van der Waals surface area contributed by atoms with Crippen LogP contribution in [0.25, 0.3) is 0 Å². The van der Waals surface area contributed by atoms with Crippen LogP contribution in [-0.4, -0.2) is 54.5 Å². The molecule has 1 aliphatic heterocycles. The van der Waals surface area contributed by atoms with Crippen LogP contribution in [0.15, 0.2) is 18.2 Å². The molecule has 1 fully saturated rings. The molecule has 8 nitrogen and oxygen atoms in total. The van der Waals surface area contributed by atoms with Crippen LogP contribution in [0.2, 0.25) is 0 Å². The predicted octanol–water partition coefficient (Wildman–Crippen LogP) is 2.08. The molecule has 8 heteroatoms. The molecule has 0 aromatic heterocycles. The van der Waals surface area contributed by atoms with E-state index in [2.05, 4.69) is 0 Å². The van der Waals surface area contributed by atoms with Gasteiger partial charge in [0.05, 0.1) is 11.5 Å². The smallest absolute Gasteiger partial charge is 0.409 e. The Morgan fingerprint density at radius 2 is 1.91 bits per heavy atom. The second-order valence-electron chi connectivity index (χ2n) is 5.19. The highest BCUT2D eigenvalue weighted by Gasteiger charge is 2.26. The monoisotopic (exact) mass is 321 g/mol. The Labute approximate surface area is 133 Å². The van der Waals surface area contributed by atoms with Crippen molar-refractivity contribution >= 4 is 23.3 Å². The zero-order chi connectivity index (χ0) is 17.0. The van der Waals surface area contributed by atoms with E-state index < -0.39 is 4.92 Å². The topological polar surface area (TPSA) is 93.0 Å². The summed E-state index contributed by atoms with van der Waals surface area (Å²) in [5.74, 6) is -0.216. The van der Waals surface area contributed by atoms with E-state index >= 15 is 0 Å². The van der Waals surface area contributed by atoms with Crippen molar-refractivity contribution in [2.24, 2.45) is 0 Å². The van der Waals surface area contributed by atoms with Gasteiger partial charge in [0, 0.05) is 37.8 Å². The van der Waals surface area contributed by atoms with Gasteiger partial charge in [0.2, 0.25) is 0 Å². The van der Waals surface area contributed by atoms with Gasteiger partial charge in [0.15, 0.2) is 5.78 Å². The van der Waals surface area contributed by atoms with Crippen LogP contribution in [0.4, 0.5) is 16.2 Å². The molecule has 1 saturated heterocycles. The van der Waals surface area contributed by atoms with Gasteiger partial charge < -0.3 is 14.5 Å². The normalized spacial score (nSPS) is 14.5. The number of anilines is 1. The summed E-state index contributed by atoms with van der Waals surface area (Å²) in [7, 11) is 0. The van der Waals surface area contributed by atoms with Crippen molar-refractivity contribution in [3.05, 3.63) is 33.9 Å². The number of amides is 1. The third-order valence-electron chi connectivity index (χ3n) is 3.73. The summed E-state index contributed by atoms with van der Waals surface area (Å²) in [4.78, 5) is 37.3. The summed E-state index contributed by atoms with van der Waals surface area (Å²) in [5.41, 5.74) is 0.677. The van der Waals surface area contributed by atoms with Crippen LogP contribution in [0.3, 0.4) is 0 Å². The molecule has 0 atom stereocenters. The molecule has 0 aliphatic carbocycles. The van der Waals surface area contributed by atoms with Crippen molar-refractivity contribution in [3.8, 4) is 0 Å². The van der Waals surface area contributed by atoms with Crippen LogP contribution >= 0.6 is 0 Å². The highest BCUT2D eigenvalue weighted by Crippen LogP contribution is 2.30. The fraction of sp³-hybridized carbons (Fsp3) is 0.467. The van der Waals surface area contributed by atoms with E-state index in [1.165, 1.54) is 13.0 Å². The van der Waals surface area contributed by atoms with Gasteiger partial charge in [0.25, 0.3) is 5.69 Å². The first-order chi connectivity index (χ1) is 10.9. The van der Waals surface area contributed by atoms with Crippen molar-refractivity contribution < 1.29 is 19.2 Å². The predicted molar refractivity (Wildman–Crippen MR) is 83.9 cm³/mol. The van der Waals surface area contributed by atoms with Gasteiger partial charge >= 0.3 is 6.09 Å². The molecular weight excluding hydrogens is 302 g/mol. The number of benzene rings is 1. The molecule has 0 radical (unpaired) electrons. The van der Waals surface area contributed by atoms with Gasteiger partial charge in [-0.2, -0.15) is 0 Å². The van der Waals surface area contributed by atoms with Crippen LogP contribution in [0.5, 0.6) is 0 Å². The number of ether oxygens (including phenoxy) is 1. The maximum atomic E-state index is 11.7. The lowest BCUT2D eigenvalue weighted by atomic mass is 10.1. The first-order valence-corrected chi connectivity index (χ1v) is 7.40. The number of Topliss-reactive ketones (excluding diaryl/α,β-unsaturated/α-hetero) is 1. The summed E-state index contributed by atoms with van der Waals surface area (Å²) in [5, 5.41) is 11.3. The van der Waals surface area contributed by atoms with Crippen LogP contribution in [-0.2, 0) is 4.74 Å². The number of carbonyl (C=O) groups is 2. The van der Waals surface area contributed by atoms with Gasteiger partial charge in [-0.05, 0) is 26.0 Å². The lowest BCUT2D eigenvalue weighted by molar-refractivity contribution is -0.384. The van der Waals surface area contributed by atoms with E-state index in [-0.39, 0.29) is 17.6 Å². The number of ketones is 1. The minimum absolute atomic E-state index is 0.0951. The molecule has 0 unspecified atom stereocenters. The van der Waals surface area contributed by atoms with Gasteiger partial charge in [-0.15, -0.1) is 0 Å². The number of nitro benzene ring substituents is 1. The Balaban J connectivity index is 2.16. The second-order valence-corrected chi connectivity index (χ2v) is 5.19. The van der Waals surface area contributed by atoms with Crippen molar-refractivity contribution in [3.63, 3.8) is 0 Å². The number of piperazine rings is 1. The fourth-order valence-electron chi connectivity index (χ4n) is 2.50. The number of hydrogen-bond acceptors (Lipinski definition) is 6. The minimum Gasteiger partial charge on any atom is -0.450 e. The maximum absolute atomic E-state index is 11.7. The van der Waals surface area contributed by atoms with Gasteiger partial charge in [-0.3, -0.25) is 14.9 Å². The van der Waals surface area contributed by atoms with E-state index in [9.17, 15) is 19.7 Å². The lowest BCUT2D eigenvalue weighted by Crippen LogP contribution is -2.49. The molecule has 2 rings (SSSR count). The average Bonchev–Trinajstić information content (AvgIpc) is 2.54. The van der Waals surface area contributed by atoms with E-state index in [0.29, 0.717) is 44.0 Å². The SMILES string of the molecule is CCOC(=O)N1CCN(c2ccc(C(C)=O)cc2[N+](=O)[O-])CC1. The van der Waals surface area contributed by atoms with Crippen molar-refractivity contribution in [1.82, 2.24) is 4.90 Å². The minimum atomic E-state index is -0.487. The van der Waals surface area contributed by atoms with Gasteiger partial charge in [-0.1, -0.05) is 0 Å². The summed E-state index contributed by atoms with van der Waals surface area (Å²) < 4.78 is 4.95. The van der Waals surface area contributed by atoms with E-state index in [0.717, 1.165) is 0 Å². The Kier molecular flexibility index (Phi) is 5.15. The van der Waals surface area contributed by atoms with Crippen molar-refractivity contribution in [2.45, 2.75) is 13.8 Å². The molecule has 1 aliphatic rings. The van der Waals surface area contributed by atoms with Gasteiger partial charge in [0.1, 0.15) is 5.69 Å². The Morgan fingerprint density at radius 3 is 2.43 bits per heavy atom. The molecule has 1 aromatic carbocycles. The highest BCUT2D eigenvalue weighted by molar-refractivity contribution is 5.95. The van der Waals surface area contributed by atoms with Crippen LogP contribution in [0.1, 0.15) is 24.2 Å². The molecule has 1 amide bonds. The van der Waals surface area contributed by atoms with Crippen LogP contribution < -0.4 is 4.90 Å². The Morgan fingerprint density at radius 1 is 1.26 bits per heavy atom. The number of carbonyl (C=O) groups excluding carboxylic acids is 2. The quantitative estimate of drug-likeness (QED) is 0.479. The molecule has 23 heavy (non-hydrogen) atoms. The summed E-state index contributed by atoms with van der Waals surface area (Å²) in [6.45, 7) is 5.25. The average molecular weight is 321 g/mol. The van der Waals surface area contributed by atoms with Crippen molar-refractivity contribution in [1.29, 1.82) is 0 Å². The van der Waals surface area contributed by atoms with Gasteiger partial charge in [-0.25, -0.2) is 4.79 Å². The molecule has 0 N–H and O–H groups in total. The van der Waals surface area contributed by atoms with E-state index in [1.54, 1.807) is 24.0 Å². The first-order valence-electron chi connectivity index (χ1n) is 7.40. The van der Waals surface area contributed by atoms with Crippen LogP contribution in [0, 0.1) is 10.1 Å². The molecule has 0 bridgehead atoms. The Hall–Kier alpha value is -2.64. The summed E-state index contributed by atoms with van der Waals surface area (Å²) in [6, 6.07) is 4.48. The maximum Gasteiger partial charge on any atom is 0.409 e. The number of nitrogens with zero attached hydrogens (tertiary/aromatic N) is 3. The summed E-state index contributed by atoms with van der Waals surface area (Å²) >= 11 is 0. The largest absolute Gasteiger partial charge is 0.450 e. The second kappa shape index (κ2) is 7.08. The molecule has 0 saturated carbocycles. The number of rotatable bonds is 4. The number of hydrogen-bond donors (Lipinski definition) is 0. The van der Waals surface area contributed by atoms with E-state index in [1.807, 2.05) is 4.90 Å². The zero-order valence-electron chi connectivity index (χ0n) is 13.2. The fourth-order valence-corrected chi connectivity index (χ4v) is 2.50. The van der Waals surface area contributed by atoms with Crippen molar-refractivity contribution in [2.75, 3.05) is 37.7 Å².